The van der Waals surface area contributed by atoms with Crippen LogP contribution >= 0.6 is 0 Å². The summed E-state index contributed by atoms with van der Waals surface area (Å²) in [5, 5.41) is 7.12. The van der Waals surface area contributed by atoms with Crippen LogP contribution in [-0.4, -0.2) is 92.1 Å². The summed E-state index contributed by atoms with van der Waals surface area (Å²) < 4.78 is 43.0. The highest BCUT2D eigenvalue weighted by atomic mass is 19.4. The molecule has 3 rings (SSSR count). The standard InChI is InChI=1S/C19H28N2O3.C2HF3O2/c1-23-11-9-20-10-12-24-18-15-21(8-7-17(18)14-20)19(22)13-16-5-3-2-4-6-16;3-2(4,5)1(6)7/h2-6,17-18H,7-15H2,1H3;(H,6,7)/t17-,18-;/m1./s1. The largest absolute Gasteiger partial charge is 0.490 e. The zero-order valence-electron chi connectivity index (χ0n) is 17.5. The lowest BCUT2D eigenvalue weighted by Crippen LogP contribution is -2.49. The molecule has 1 aromatic carbocycles. The van der Waals surface area contributed by atoms with E-state index in [0.29, 0.717) is 12.3 Å². The molecular weight excluding hydrogens is 417 g/mol. The molecule has 2 aliphatic heterocycles. The van der Waals surface area contributed by atoms with Crippen LogP contribution in [0.5, 0.6) is 0 Å². The van der Waals surface area contributed by atoms with Gasteiger partial charge in [0.15, 0.2) is 0 Å². The van der Waals surface area contributed by atoms with E-state index < -0.39 is 12.1 Å². The minimum atomic E-state index is -5.08. The van der Waals surface area contributed by atoms with Gasteiger partial charge >= 0.3 is 12.1 Å². The van der Waals surface area contributed by atoms with E-state index in [9.17, 15) is 18.0 Å². The Balaban J connectivity index is 0.000000423. The second-order valence-electron chi connectivity index (χ2n) is 7.56. The molecule has 1 amide bonds. The van der Waals surface area contributed by atoms with Crippen molar-refractivity contribution in [3.8, 4) is 0 Å². The number of likely N-dealkylation sites (tertiary alicyclic amines) is 1. The van der Waals surface area contributed by atoms with Crippen molar-refractivity contribution >= 4 is 11.9 Å². The Morgan fingerprint density at radius 1 is 1.19 bits per heavy atom. The highest BCUT2D eigenvalue weighted by Crippen LogP contribution is 2.24. The Hall–Kier alpha value is -2.17. The number of nitrogens with zero attached hydrogens (tertiary/aromatic N) is 2. The number of carboxylic acid groups (broad SMARTS) is 1. The van der Waals surface area contributed by atoms with Crippen LogP contribution in [0.15, 0.2) is 30.3 Å². The molecule has 10 heteroatoms. The van der Waals surface area contributed by atoms with Crippen LogP contribution < -0.4 is 0 Å². The fourth-order valence-electron chi connectivity index (χ4n) is 3.65. The van der Waals surface area contributed by atoms with Crippen molar-refractivity contribution in [2.24, 2.45) is 5.92 Å². The normalized spacial score (nSPS) is 22.0. The van der Waals surface area contributed by atoms with Crippen molar-refractivity contribution in [3.05, 3.63) is 35.9 Å². The van der Waals surface area contributed by atoms with Crippen molar-refractivity contribution in [3.63, 3.8) is 0 Å². The monoisotopic (exact) mass is 446 g/mol. The van der Waals surface area contributed by atoms with E-state index in [1.165, 1.54) is 0 Å². The van der Waals surface area contributed by atoms with Gasteiger partial charge in [-0.1, -0.05) is 30.3 Å². The molecule has 1 N–H and O–H groups in total. The second-order valence-corrected chi connectivity index (χ2v) is 7.56. The maximum Gasteiger partial charge on any atom is 0.490 e. The third-order valence-corrected chi connectivity index (χ3v) is 5.33. The molecule has 0 aliphatic carbocycles. The number of amides is 1. The number of ether oxygens (including phenoxy) is 2. The number of carbonyl (C=O) groups excluding carboxylic acids is 1. The van der Waals surface area contributed by atoms with Crippen molar-refractivity contribution in [2.45, 2.75) is 25.1 Å². The average Bonchev–Trinajstić information content (AvgIpc) is 2.94. The Labute approximate surface area is 179 Å². The van der Waals surface area contributed by atoms with Crippen LogP contribution in [0.1, 0.15) is 12.0 Å². The molecular formula is C21H29F3N2O5. The first kappa shape index (κ1) is 25.1. The minimum Gasteiger partial charge on any atom is -0.475 e. The number of alkyl halides is 3. The third kappa shape index (κ3) is 8.47. The van der Waals surface area contributed by atoms with Crippen molar-refractivity contribution < 1.29 is 37.3 Å². The summed E-state index contributed by atoms with van der Waals surface area (Å²) in [6.07, 6.45) is -3.40. The maximum absolute atomic E-state index is 12.6. The van der Waals surface area contributed by atoms with Crippen LogP contribution in [0.4, 0.5) is 13.2 Å². The molecule has 0 radical (unpaired) electrons. The third-order valence-electron chi connectivity index (χ3n) is 5.33. The fourth-order valence-corrected chi connectivity index (χ4v) is 3.65. The zero-order valence-corrected chi connectivity index (χ0v) is 17.5. The Kier molecular flexibility index (Phi) is 9.73. The van der Waals surface area contributed by atoms with E-state index in [1.54, 1.807) is 7.11 Å². The smallest absolute Gasteiger partial charge is 0.475 e. The number of aliphatic carboxylic acids is 1. The van der Waals surface area contributed by atoms with Crippen LogP contribution in [0.25, 0.3) is 0 Å². The lowest BCUT2D eigenvalue weighted by Gasteiger charge is -2.38. The maximum atomic E-state index is 12.6. The molecule has 7 nitrogen and oxygen atoms in total. The molecule has 31 heavy (non-hydrogen) atoms. The van der Waals surface area contributed by atoms with Gasteiger partial charge in [0.1, 0.15) is 0 Å². The molecule has 2 aliphatic rings. The number of piperidine rings is 1. The van der Waals surface area contributed by atoms with Gasteiger partial charge < -0.3 is 19.5 Å². The van der Waals surface area contributed by atoms with Gasteiger partial charge in [-0.2, -0.15) is 13.2 Å². The minimum absolute atomic E-state index is 0.172. The fraction of sp³-hybridized carbons (Fsp3) is 0.619. The Morgan fingerprint density at radius 3 is 2.48 bits per heavy atom. The molecule has 2 saturated heterocycles. The summed E-state index contributed by atoms with van der Waals surface area (Å²) in [7, 11) is 1.74. The van der Waals surface area contributed by atoms with Gasteiger partial charge in [0.05, 0.1) is 25.7 Å². The first-order chi connectivity index (χ1) is 14.7. The number of hydrogen-bond donors (Lipinski definition) is 1. The summed E-state index contributed by atoms with van der Waals surface area (Å²) in [6.45, 7) is 6.04. The summed E-state index contributed by atoms with van der Waals surface area (Å²) >= 11 is 0. The van der Waals surface area contributed by atoms with Gasteiger partial charge in [-0.15, -0.1) is 0 Å². The van der Waals surface area contributed by atoms with E-state index in [4.69, 9.17) is 19.4 Å². The van der Waals surface area contributed by atoms with Crippen molar-refractivity contribution in [1.82, 2.24) is 9.80 Å². The van der Waals surface area contributed by atoms with Crippen LogP contribution in [0.3, 0.4) is 0 Å². The molecule has 0 aromatic heterocycles. The second kappa shape index (κ2) is 12.0. The molecule has 2 heterocycles. The van der Waals surface area contributed by atoms with Crippen LogP contribution in [0, 0.1) is 5.92 Å². The number of benzene rings is 1. The van der Waals surface area contributed by atoms with E-state index in [2.05, 4.69) is 4.90 Å². The van der Waals surface area contributed by atoms with Crippen molar-refractivity contribution in [1.29, 1.82) is 0 Å². The topological polar surface area (TPSA) is 79.3 Å². The lowest BCUT2D eigenvalue weighted by molar-refractivity contribution is -0.192. The van der Waals surface area contributed by atoms with E-state index in [-0.39, 0.29) is 12.0 Å². The van der Waals surface area contributed by atoms with Gasteiger partial charge in [-0.05, 0) is 12.0 Å². The van der Waals surface area contributed by atoms with E-state index in [0.717, 1.165) is 57.9 Å². The van der Waals surface area contributed by atoms with Gasteiger partial charge in [0.25, 0.3) is 0 Å². The lowest BCUT2D eigenvalue weighted by atomic mass is 9.93. The number of methoxy groups -OCH3 is 1. The SMILES string of the molecule is COCCN1CCO[C@@H]2CN(C(=O)Cc3ccccc3)CC[C@@H]2C1.O=C(O)C(F)(F)F. The number of rotatable bonds is 5. The summed E-state index contributed by atoms with van der Waals surface area (Å²) in [4.78, 5) is 25.9. The predicted octanol–water partition coefficient (Wildman–Crippen LogP) is 2.06. The highest BCUT2D eigenvalue weighted by molar-refractivity contribution is 5.78. The quantitative estimate of drug-likeness (QED) is 0.746. The first-order valence-corrected chi connectivity index (χ1v) is 10.2. The van der Waals surface area contributed by atoms with Crippen molar-refractivity contribution in [2.75, 3.05) is 53.0 Å². The molecule has 0 spiro atoms. The van der Waals surface area contributed by atoms with Gasteiger partial charge in [0, 0.05) is 45.8 Å². The number of fused-ring (bicyclic) bond motifs is 1. The highest BCUT2D eigenvalue weighted by Gasteiger charge is 2.38. The number of carbonyl (C=O) groups is 2. The van der Waals surface area contributed by atoms with E-state index >= 15 is 0 Å². The predicted molar refractivity (Wildman–Crippen MR) is 107 cm³/mol. The molecule has 2 atom stereocenters. The molecule has 1 aromatic rings. The zero-order chi connectivity index (χ0) is 22.9. The summed E-state index contributed by atoms with van der Waals surface area (Å²) in [5.41, 5.74) is 1.08. The van der Waals surface area contributed by atoms with Crippen LogP contribution in [0.2, 0.25) is 0 Å². The van der Waals surface area contributed by atoms with Gasteiger partial charge in [-0.25, -0.2) is 4.79 Å². The number of halogens is 3. The van der Waals surface area contributed by atoms with Gasteiger partial charge in [-0.3, -0.25) is 9.69 Å². The summed E-state index contributed by atoms with van der Waals surface area (Å²) in [6, 6.07) is 9.98. The molecule has 0 bridgehead atoms. The molecule has 0 saturated carbocycles. The van der Waals surface area contributed by atoms with Crippen LogP contribution in [-0.2, 0) is 25.5 Å². The Morgan fingerprint density at radius 2 is 1.87 bits per heavy atom. The van der Waals surface area contributed by atoms with Gasteiger partial charge in [0.2, 0.25) is 5.91 Å². The molecule has 2 fully saturated rings. The average molecular weight is 446 g/mol. The molecule has 0 unspecified atom stereocenters. The first-order valence-electron chi connectivity index (χ1n) is 10.2. The number of carboxylic acids is 1. The molecule has 174 valence electrons. The Bertz CT molecular complexity index is 702. The summed E-state index contributed by atoms with van der Waals surface area (Å²) in [5.74, 6) is -2.03. The van der Waals surface area contributed by atoms with E-state index in [1.807, 2.05) is 35.2 Å². The number of hydrogen-bond acceptors (Lipinski definition) is 5.